The van der Waals surface area contributed by atoms with Crippen LogP contribution in [0, 0.1) is 0 Å². The van der Waals surface area contributed by atoms with Gasteiger partial charge in [-0.05, 0) is 30.3 Å². The number of hydrogen-bond acceptors (Lipinski definition) is 1. The lowest BCUT2D eigenvalue weighted by Gasteiger charge is -1.99. The van der Waals surface area contributed by atoms with E-state index in [1.54, 1.807) is 0 Å². The van der Waals surface area contributed by atoms with Crippen molar-refractivity contribution >= 4 is 21.7 Å². The van der Waals surface area contributed by atoms with E-state index in [-0.39, 0.29) is 29.8 Å². The molecule has 4 heteroatoms. The van der Waals surface area contributed by atoms with Crippen LogP contribution in [0.5, 0.6) is 0 Å². The highest BCUT2D eigenvalue weighted by Crippen LogP contribution is 2.12. The van der Waals surface area contributed by atoms with Crippen molar-refractivity contribution < 1.29 is 33.3 Å². The first-order chi connectivity index (χ1) is 7.68. The number of halogens is 2. The van der Waals surface area contributed by atoms with Gasteiger partial charge in [0.25, 0.3) is 11.5 Å². The fourth-order valence-electron chi connectivity index (χ4n) is 1.51. The predicted octanol–water partition coefficient (Wildman–Crippen LogP) is -0.491. The third-order valence-corrected chi connectivity index (χ3v) is 2.92. The third-order valence-electron chi connectivity index (χ3n) is 2.39. The monoisotopic (exact) mass is 403 g/mol. The van der Waals surface area contributed by atoms with Crippen LogP contribution < -0.4 is 28.5 Å². The average Bonchev–Trinajstić information content (AvgIpc) is 2.30. The van der Waals surface area contributed by atoms with E-state index < -0.39 is 0 Å². The molecule has 2 rings (SSSR count). The molecule has 2 nitrogen and oxygen atoms in total. The number of benzene rings is 1. The first-order valence-electron chi connectivity index (χ1n) is 4.93. The summed E-state index contributed by atoms with van der Waals surface area (Å²) in [6.07, 6.45) is 1.87. The quantitative estimate of drug-likeness (QED) is 0.376. The van der Waals surface area contributed by atoms with Gasteiger partial charge in [0.1, 0.15) is 7.05 Å². The maximum absolute atomic E-state index is 12.1. The van der Waals surface area contributed by atoms with Gasteiger partial charge in [-0.3, -0.25) is 4.79 Å². The Morgan fingerprint density at radius 1 is 1.12 bits per heavy atom. The molecule has 0 bridgehead atoms. The molecule has 2 aromatic rings. The van der Waals surface area contributed by atoms with Gasteiger partial charge in [0.05, 0.1) is 0 Å². The summed E-state index contributed by atoms with van der Waals surface area (Å²) in [4.78, 5) is 12.1. The molecule has 0 aliphatic carbocycles. The van der Waals surface area contributed by atoms with E-state index in [1.165, 1.54) is 0 Å². The smallest absolute Gasteiger partial charge is 0.256 e. The Balaban J connectivity index is 0.00000144. The second-order valence-corrected chi connectivity index (χ2v) is 4.45. The lowest BCUT2D eigenvalue weighted by atomic mass is 10.1. The third kappa shape index (κ3) is 3.35. The van der Waals surface area contributed by atoms with Crippen LogP contribution in [0.2, 0.25) is 0 Å². The molecular weight excluding hydrogens is 393 g/mol. The zero-order valence-electron chi connectivity index (χ0n) is 9.23. The number of hydrogen-bond donors (Lipinski definition) is 0. The minimum atomic E-state index is 0. The minimum absolute atomic E-state index is 0. The van der Waals surface area contributed by atoms with Crippen LogP contribution in [0.4, 0.5) is 0 Å². The van der Waals surface area contributed by atoms with Crippen molar-refractivity contribution in [3.8, 4) is 0 Å². The van der Waals surface area contributed by atoms with Crippen molar-refractivity contribution in [2.75, 3.05) is 0 Å². The molecule has 0 aliphatic heterocycles. The second-order valence-electron chi connectivity index (χ2n) is 3.53. The molecule has 0 spiro atoms. The van der Waals surface area contributed by atoms with Gasteiger partial charge in [0, 0.05) is 22.2 Å². The summed E-state index contributed by atoms with van der Waals surface area (Å²) in [5.41, 5.74) is 1.38. The number of carbonyl (C=O) groups excluding carboxylic acids is 1. The van der Waals surface area contributed by atoms with Gasteiger partial charge in [-0.25, -0.2) is 0 Å². The van der Waals surface area contributed by atoms with Crippen LogP contribution in [-0.2, 0) is 7.05 Å². The summed E-state index contributed by atoms with van der Waals surface area (Å²) < 4.78 is 2.80. The fourth-order valence-corrected chi connectivity index (χ4v) is 1.77. The first kappa shape index (κ1) is 14.3. The van der Waals surface area contributed by atoms with E-state index >= 15 is 0 Å². The summed E-state index contributed by atoms with van der Waals surface area (Å²) >= 11 is 3.35. The second kappa shape index (κ2) is 6.26. The highest BCUT2D eigenvalue weighted by atomic mass is 127. The van der Waals surface area contributed by atoms with Crippen LogP contribution in [-0.4, -0.2) is 5.78 Å². The summed E-state index contributed by atoms with van der Waals surface area (Å²) in [5.74, 6) is 0.0376. The fraction of sp³-hybridized carbons (Fsp3) is 0.0769. The summed E-state index contributed by atoms with van der Waals surface area (Å²) in [6, 6.07) is 13.0. The molecule has 0 atom stereocenters. The molecular formula is C13H11BrINO. The van der Waals surface area contributed by atoms with Crippen molar-refractivity contribution in [2.24, 2.45) is 7.05 Å². The molecule has 17 heavy (non-hydrogen) atoms. The van der Waals surface area contributed by atoms with Gasteiger partial charge in [0.2, 0.25) is 0 Å². The standard InChI is InChI=1S/C13H11BrNO.HI/c1-15-9-3-2-4-12(15)13(16)10-5-7-11(14)8-6-10;/h2-9H,1H3;1H/q+1;/p-1. The Hall–Kier alpha value is -0.750. The Kier molecular flexibility index (Phi) is 5.27. The number of carbonyl (C=O) groups is 1. The van der Waals surface area contributed by atoms with E-state index in [9.17, 15) is 4.79 Å². The Bertz CT molecular complexity index is 525. The van der Waals surface area contributed by atoms with E-state index in [0.717, 1.165) is 4.47 Å². The molecule has 0 aliphatic rings. The molecule has 0 radical (unpaired) electrons. The molecule has 0 saturated carbocycles. The van der Waals surface area contributed by atoms with Gasteiger partial charge in [-0.15, -0.1) is 0 Å². The zero-order valence-corrected chi connectivity index (χ0v) is 13.0. The van der Waals surface area contributed by atoms with Gasteiger partial charge < -0.3 is 24.0 Å². The maximum Gasteiger partial charge on any atom is 0.256 e. The molecule has 0 amide bonds. The molecule has 1 aromatic heterocycles. The van der Waals surface area contributed by atoms with Crippen molar-refractivity contribution in [2.45, 2.75) is 0 Å². The molecule has 0 fully saturated rings. The van der Waals surface area contributed by atoms with Gasteiger partial charge in [-0.2, -0.15) is 4.57 Å². The summed E-state index contributed by atoms with van der Waals surface area (Å²) in [7, 11) is 1.87. The van der Waals surface area contributed by atoms with Crippen molar-refractivity contribution in [3.63, 3.8) is 0 Å². The molecule has 88 valence electrons. The number of ketones is 1. The molecule has 0 N–H and O–H groups in total. The van der Waals surface area contributed by atoms with Crippen LogP contribution in [0.1, 0.15) is 16.1 Å². The normalized spacial score (nSPS) is 9.53. The lowest BCUT2D eigenvalue weighted by molar-refractivity contribution is -0.673. The Morgan fingerprint density at radius 3 is 2.35 bits per heavy atom. The van der Waals surface area contributed by atoms with Crippen LogP contribution in [0.25, 0.3) is 0 Å². The van der Waals surface area contributed by atoms with E-state index in [4.69, 9.17) is 0 Å². The lowest BCUT2D eigenvalue weighted by Crippen LogP contribution is -3.00. The number of aromatic nitrogens is 1. The summed E-state index contributed by atoms with van der Waals surface area (Å²) in [6.45, 7) is 0. The highest BCUT2D eigenvalue weighted by molar-refractivity contribution is 9.10. The number of rotatable bonds is 2. The Labute approximate surface area is 126 Å². The molecule has 0 saturated heterocycles. The van der Waals surface area contributed by atoms with Crippen molar-refractivity contribution in [1.82, 2.24) is 0 Å². The SMILES string of the molecule is C[n+]1ccccc1C(=O)c1ccc(Br)cc1.[I-]. The van der Waals surface area contributed by atoms with E-state index in [0.29, 0.717) is 11.3 Å². The van der Waals surface area contributed by atoms with Gasteiger partial charge >= 0.3 is 0 Å². The highest BCUT2D eigenvalue weighted by Gasteiger charge is 2.17. The number of pyridine rings is 1. The van der Waals surface area contributed by atoms with Gasteiger partial charge in [0.15, 0.2) is 6.20 Å². The van der Waals surface area contributed by atoms with E-state index in [1.807, 2.05) is 60.3 Å². The number of aryl methyl sites for hydroxylation is 1. The topological polar surface area (TPSA) is 20.9 Å². The first-order valence-corrected chi connectivity index (χ1v) is 5.73. The number of nitrogens with zero attached hydrogens (tertiary/aromatic N) is 1. The van der Waals surface area contributed by atoms with Crippen LogP contribution in [0.15, 0.2) is 53.1 Å². The van der Waals surface area contributed by atoms with Crippen molar-refractivity contribution in [1.29, 1.82) is 0 Å². The van der Waals surface area contributed by atoms with Crippen LogP contribution >= 0.6 is 15.9 Å². The zero-order chi connectivity index (χ0) is 11.5. The molecule has 1 heterocycles. The largest absolute Gasteiger partial charge is 1.00 e. The molecule has 0 unspecified atom stereocenters. The van der Waals surface area contributed by atoms with Crippen molar-refractivity contribution in [3.05, 3.63) is 64.4 Å². The minimum Gasteiger partial charge on any atom is -1.00 e. The summed E-state index contributed by atoms with van der Waals surface area (Å²) in [5, 5.41) is 0. The van der Waals surface area contributed by atoms with Gasteiger partial charge in [-0.1, -0.05) is 15.9 Å². The average molecular weight is 404 g/mol. The predicted molar refractivity (Wildman–Crippen MR) is 65.2 cm³/mol. The van der Waals surface area contributed by atoms with E-state index in [2.05, 4.69) is 15.9 Å². The molecule has 1 aromatic carbocycles. The van der Waals surface area contributed by atoms with Crippen LogP contribution in [0.3, 0.4) is 0 Å². The Morgan fingerprint density at radius 2 is 1.76 bits per heavy atom. The maximum atomic E-state index is 12.1.